The molecular formula is C20H25N7O. The third-order valence-electron chi connectivity index (χ3n) is 5.09. The second kappa shape index (κ2) is 7.46. The first-order valence-electron chi connectivity index (χ1n) is 9.63. The van der Waals surface area contributed by atoms with E-state index in [9.17, 15) is 4.79 Å². The van der Waals surface area contributed by atoms with Crippen LogP contribution in [-0.4, -0.2) is 56.9 Å². The quantitative estimate of drug-likeness (QED) is 0.757. The molecule has 0 spiro atoms. The molecule has 2 aromatic heterocycles. The molecule has 0 saturated carbocycles. The van der Waals surface area contributed by atoms with Crippen molar-refractivity contribution in [2.75, 3.05) is 36.4 Å². The van der Waals surface area contributed by atoms with E-state index in [0.29, 0.717) is 13.1 Å². The van der Waals surface area contributed by atoms with E-state index >= 15 is 0 Å². The Hall–Kier alpha value is -3.16. The summed E-state index contributed by atoms with van der Waals surface area (Å²) in [4.78, 5) is 26.1. The van der Waals surface area contributed by atoms with E-state index in [4.69, 9.17) is 4.98 Å². The highest BCUT2D eigenvalue weighted by Crippen LogP contribution is 2.26. The number of piperazine rings is 1. The molecule has 0 aliphatic carbocycles. The van der Waals surface area contributed by atoms with E-state index in [1.54, 1.807) is 0 Å². The number of carbonyl (C=O) groups excluding carboxylic acids is 1. The highest BCUT2D eigenvalue weighted by Gasteiger charge is 2.25. The van der Waals surface area contributed by atoms with Gasteiger partial charge in [0.15, 0.2) is 5.82 Å². The van der Waals surface area contributed by atoms with Crippen LogP contribution in [0.15, 0.2) is 30.3 Å². The first kappa shape index (κ1) is 18.2. The second-order valence-corrected chi connectivity index (χ2v) is 6.99. The Morgan fingerprint density at radius 2 is 1.82 bits per heavy atom. The van der Waals surface area contributed by atoms with Gasteiger partial charge in [0, 0.05) is 45.3 Å². The maximum Gasteiger partial charge on any atom is 0.321 e. The number of aromatic nitrogens is 4. The maximum atomic E-state index is 12.5. The molecule has 1 aromatic carbocycles. The maximum absolute atomic E-state index is 12.5. The minimum absolute atomic E-state index is 0.0655. The number of nitrogens with zero attached hydrogens (tertiary/aromatic N) is 6. The van der Waals surface area contributed by atoms with Gasteiger partial charge in [0.25, 0.3) is 0 Å². The molecule has 2 amide bonds. The molecule has 8 nitrogen and oxygen atoms in total. The summed E-state index contributed by atoms with van der Waals surface area (Å²) >= 11 is 0. The zero-order valence-electron chi connectivity index (χ0n) is 16.5. The molecule has 1 aliphatic rings. The lowest BCUT2D eigenvalue weighted by Gasteiger charge is -2.35. The topological polar surface area (TPSA) is 79.2 Å². The minimum atomic E-state index is -0.0655. The average molecular weight is 379 g/mol. The summed E-state index contributed by atoms with van der Waals surface area (Å²) in [6.45, 7) is 6.77. The Balaban J connectivity index is 1.52. The van der Waals surface area contributed by atoms with E-state index in [1.807, 2.05) is 53.9 Å². The van der Waals surface area contributed by atoms with Crippen LogP contribution in [0.2, 0.25) is 0 Å². The summed E-state index contributed by atoms with van der Waals surface area (Å²) in [5.41, 5.74) is 3.59. The van der Waals surface area contributed by atoms with E-state index in [-0.39, 0.29) is 6.03 Å². The van der Waals surface area contributed by atoms with Gasteiger partial charge < -0.3 is 15.1 Å². The number of anilines is 2. The van der Waals surface area contributed by atoms with Crippen molar-refractivity contribution in [1.29, 1.82) is 0 Å². The van der Waals surface area contributed by atoms with Gasteiger partial charge in [-0.2, -0.15) is 5.10 Å². The number of benzene rings is 1. The first-order valence-corrected chi connectivity index (χ1v) is 9.63. The smallest absolute Gasteiger partial charge is 0.321 e. The summed E-state index contributed by atoms with van der Waals surface area (Å²) in [5.74, 6) is 1.73. The summed E-state index contributed by atoms with van der Waals surface area (Å²) in [7, 11) is 1.93. The number of hydrogen-bond acceptors (Lipinski definition) is 5. The van der Waals surface area contributed by atoms with Crippen LogP contribution >= 0.6 is 0 Å². The molecule has 3 aromatic rings. The number of carbonyl (C=O) groups is 1. The fourth-order valence-corrected chi connectivity index (χ4v) is 3.58. The standard InChI is InChI=1S/C20H25N7O/c1-4-16-22-17-14(2)24-25(3)18(17)19(23-16)26-10-12-27(13-11-26)20(28)21-15-8-6-5-7-9-15/h5-9H,4,10-13H2,1-3H3,(H,21,28). The number of hydrogen-bond donors (Lipinski definition) is 1. The highest BCUT2D eigenvalue weighted by molar-refractivity contribution is 5.90. The monoisotopic (exact) mass is 379 g/mol. The van der Waals surface area contributed by atoms with Crippen LogP contribution in [0.4, 0.5) is 16.3 Å². The molecule has 0 bridgehead atoms. The van der Waals surface area contributed by atoms with Gasteiger partial charge >= 0.3 is 6.03 Å². The van der Waals surface area contributed by atoms with Crippen molar-refractivity contribution in [2.45, 2.75) is 20.3 Å². The lowest BCUT2D eigenvalue weighted by atomic mass is 10.2. The van der Waals surface area contributed by atoms with Gasteiger partial charge in [0.05, 0.1) is 5.69 Å². The van der Waals surface area contributed by atoms with Crippen LogP contribution in [0.1, 0.15) is 18.4 Å². The molecule has 8 heteroatoms. The Morgan fingerprint density at radius 3 is 2.50 bits per heavy atom. The van der Waals surface area contributed by atoms with Crippen LogP contribution < -0.4 is 10.2 Å². The van der Waals surface area contributed by atoms with E-state index in [2.05, 4.69) is 27.2 Å². The zero-order chi connectivity index (χ0) is 19.7. The second-order valence-electron chi connectivity index (χ2n) is 6.99. The molecule has 1 saturated heterocycles. The fourth-order valence-electron chi connectivity index (χ4n) is 3.58. The third kappa shape index (κ3) is 3.37. The molecular weight excluding hydrogens is 354 g/mol. The summed E-state index contributed by atoms with van der Waals surface area (Å²) in [5, 5.41) is 7.48. The van der Waals surface area contributed by atoms with Gasteiger partial charge in [-0.15, -0.1) is 0 Å². The Morgan fingerprint density at radius 1 is 1.11 bits per heavy atom. The Labute approximate surface area is 164 Å². The van der Waals surface area contributed by atoms with Crippen molar-refractivity contribution in [3.8, 4) is 0 Å². The van der Waals surface area contributed by atoms with Gasteiger partial charge in [-0.1, -0.05) is 25.1 Å². The molecule has 1 N–H and O–H groups in total. The summed E-state index contributed by atoms with van der Waals surface area (Å²) < 4.78 is 1.86. The van der Waals surface area contributed by atoms with Crippen molar-refractivity contribution < 1.29 is 4.79 Å². The minimum Gasteiger partial charge on any atom is -0.351 e. The third-order valence-corrected chi connectivity index (χ3v) is 5.09. The van der Waals surface area contributed by atoms with Crippen LogP contribution in [0.25, 0.3) is 11.0 Å². The fraction of sp³-hybridized carbons (Fsp3) is 0.400. The SMILES string of the molecule is CCc1nc(N2CCN(C(=O)Nc3ccccc3)CC2)c2c(n1)c(C)nn2C. The number of para-hydroxylation sites is 1. The van der Waals surface area contributed by atoms with Crippen LogP contribution in [0.5, 0.6) is 0 Å². The normalized spacial score (nSPS) is 14.5. The largest absolute Gasteiger partial charge is 0.351 e. The zero-order valence-corrected chi connectivity index (χ0v) is 16.5. The van der Waals surface area contributed by atoms with Crippen molar-refractivity contribution in [3.63, 3.8) is 0 Å². The number of urea groups is 1. The van der Waals surface area contributed by atoms with Crippen molar-refractivity contribution in [1.82, 2.24) is 24.6 Å². The number of nitrogens with one attached hydrogen (secondary N) is 1. The van der Waals surface area contributed by atoms with Gasteiger partial charge in [-0.3, -0.25) is 4.68 Å². The summed E-state index contributed by atoms with van der Waals surface area (Å²) in [6, 6.07) is 9.47. The molecule has 4 rings (SSSR count). The van der Waals surface area contributed by atoms with E-state index in [0.717, 1.165) is 53.6 Å². The molecule has 28 heavy (non-hydrogen) atoms. The van der Waals surface area contributed by atoms with Crippen LogP contribution in [0, 0.1) is 6.92 Å². The lowest BCUT2D eigenvalue weighted by molar-refractivity contribution is 0.208. The number of rotatable bonds is 3. The lowest BCUT2D eigenvalue weighted by Crippen LogP contribution is -2.50. The Kier molecular flexibility index (Phi) is 4.85. The molecule has 0 atom stereocenters. The number of fused-ring (bicyclic) bond motifs is 1. The highest BCUT2D eigenvalue weighted by atomic mass is 16.2. The molecule has 146 valence electrons. The number of aryl methyl sites for hydroxylation is 3. The van der Waals surface area contributed by atoms with Crippen molar-refractivity contribution in [3.05, 3.63) is 41.9 Å². The molecule has 1 aliphatic heterocycles. The summed E-state index contributed by atoms with van der Waals surface area (Å²) in [6.07, 6.45) is 0.775. The van der Waals surface area contributed by atoms with E-state index < -0.39 is 0 Å². The molecule has 0 radical (unpaired) electrons. The van der Waals surface area contributed by atoms with Crippen LogP contribution in [0.3, 0.4) is 0 Å². The van der Waals surface area contributed by atoms with Gasteiger partial charge in [0.2, 0.25) is 0 Å². The van der Waals surface area contributed by atoms with Gasteiger partial charge in [-0.05, 0) is 19.1 Å². The van der Waals surface area contributed by atoms with Crippen molar-refractivity contribution in [2.24, 2.45) is 7.05 Å². The Bertz CT molecular complexity index is 991. The number of amides is 2. The molecule has 0 unspecified atom stereocenters. The predicted octanol–water partition coefficient (Wildman–Crippen LogP) is 2.59. The molecule has 1 fully saturated rings. The molecule has 3 heterocycles. The van der Waals surface area contributed by atoms with E-state index in [1.165, 1.54) is 0 Å². The van der Waals surface area contributed by atoms with Crippen LogP contribution in [-0.2, 0) is 13.5 Å². The average Bonchev–Trinajstić information content (AvgIpc) is 3.02. The van der Waals surface area contributed by atoms with Crippen molar-refractivity contribution >= 4 is 28.6 Å². The first-order chi connectivity index (χ1) is 13.6. The predicted molar refractivity (Wildman–Crippen MR) is 110 cm³/mol. The van der Waals surface area contributed by atoms with Gasteiger partial charge in [-0.25, -0.2) is 14.8 Å². The van der Waals surface area contributed by atoms with Gasteiger partial charge in [0.1, 0.15) is 16.9 Å².